The minimum Gasteiger partial charge on any atom is -0.486 e. The summed E-state index contributed by atoms with van der Waals surface area (Å²) in [6.45, 7) is 2.32. The zero-order valence-corrected chi connectivity index (χ0v) is 11.0. The summed E-state index contributed by atoms with van der Waals surface area (Å²) in [5, 5.41) is 3.26. The van der Waals surface area contributed by atoms with Gasteiger partial charge in [0.25, 0.3) is 0 Å². The normalized spacial score (nSPS) is 21.7. The van der Waals surface area contributed by atoms with Crippen molar-refractivity contribution in [3.05, 3.63) is 17.7 Å². The standard InChI is InChI=1S/C14H20N2O2/c1-15-9-11-4-3-10-7-13-14(18-6-5-17-13)8-12(10)16(11)2/h7-8,11,15H,3-6,9H2,1-2H3. The Kier molecular flexibility index (Phi) is 3.04. The number of benzene rings is 1. The molecule has 1 N–H and O–H groups in total. The highest BCUT2D eigenvalue weighted by molar-refractivity contribution is 5.64. The van der Waals surface area contributed by atoms with Gasteiger partial charge in [-0.05, 0) is 31.5 Å². The maximum absolute atomic E-state index is 5.67. The lowest BCUT2D eigenvalue weighted by molar-refractivity contribution is 0.171. The van der Waals surface area contributed by atoms with Crippen LogP contribution in [0.3, 0.4) is 0 Å². The maximum atomic E-state index is 5.67. The molecule has 2 heterocycles. The summed E-state index contributed by atoms with van der Waals surface area (Å²) in [7, 11) is 4.17. The molecule has 0 spiro atoms. The van der Waals surface area contributed by atoms with Gasteiger partial charge in [-0.3, -0.25) is 0 Å². The third-order valence-corrected chi connectivity index (χ3v) is 3.86. The SMILES string of the molecule is CNCC1CCc2cc3c(cc2N1C)OCCO3. The van der Waals surface area contributed by atoms with E-state index in [1.54, 1.807) is 0 Å². The van der Waals surface area contributed by atoms with Crippen molar-refractivity contribution in [1.82, 2.24) is 5.32 Å². The first-order valence-electron chi connectivity index (χ1n) is 6.59. The number of fused-ring (bicyclic) bond motifs is 2. The maximum Gasteiger partial charge on any atom is 0.163 e. The molecule has 3 rings (SSSR count). The summed E-state index contributed by atoms with van der Waals surface area (Å²) in [4.78, 5) is 2.35. The number of nitrogens with one attached hydrogen (secondary N) is 1. The van der Waals surface area contributed by atoms with Gasteiger partial charge >= 0.3 is 0 Å². The fourth-order valence-electron chi connectivity index (χ4n) is 2.84. The minimum atomic E-state index is 0.560. The van der Waals surface area contributed by atoms with Crippen molar-refractivity contribution in [2.24, 2.45) is 0 Å². The quantitative estimate of drug-likeness (QED) is 0.858. The Morgan fingerprint density at radius 1 is 1.28 bits per heavy atom. The number of rotatable bonds is 2. The number of aryl methyl sites for hydroxylation is 1. The Balaban J connectivity index is 1.94. The monoisotopic (exact) mass is 248 g/mol. The van der Waals surface area contributed by atoms with Gasteiger partial charge in [0.2, 0.25) is 0 Å². The molecule has 1 atom stereocenters. The highest BCUT2D eigenvalue weighted by Gasteiger charge is 2.25. The van der Waals surface area contributed by atoms with Gasteiger partial charge < -0.3 is 19.7 Å². The first kappa shape index (κ1) is 11.7. The molecule has 4 heteroatoms. The molecule has 0 saturated carbocycles. The van der Waals surface area contributed by atoms with Crippen LogP contribution in [0.15, 0.2) is 12.1 Å². The zero-order chi connectivity index (χ0) is 12.5. The summed E-state index contributed by atoms with van der Waals surface area (Å²) in [6, 6.07) is 4.84. The van der Waals surface area contributed by atoms with Crippen molar-refractivity contribution in [2.75, 3.05) is 38.8 Å². The molecule has 1 aromatic carbocycles. The molecule has 4 nitrogen and oxygen atoms in total. The van der Waals surface area contributed by atoms with E-state index in [0.717, 1.165) is 24.5 Å². The van der Waals surface area contributed by atoms with E-state index in [2.05, 4.69) is 29.4 Å². The molecule has 1 unspecified atom stereocenters. The second-order valence-corrected chi connectivity index (χ2v) is 4.99. The number of likely N-dealkylation sites (N-methyl/N-ethyl adjacent to an activating group) is 2. The highest BCUT2D eigenvalue weighted by atomic mass is 16.6. The molecule has 1 aromatic rings. The lowest BCUT2D eigenvalue weighted by atomic mass is 9.95. The van der Waals surface area contributed by atoms with Crippen LogP contribution in [0.25, 0.3) is 0 Å². The van der Waals surface area contributed by atoms with Crippen LogP contribution < -0.4 is 19.7 Å². The Morgan fingerprint density at radius 2 is 2.00 bits per heavy atom. The van der Waals surface area contributed by atoms with Crippen molar-refractivity contribution in [3.8, 4) is 11.5 Å². The van der Waals surface area contributed by atoms with E-state index in [0.29, 0.717) is 19.3 Å². The summed E-state index contributed by atoms with van der Waals surface area (Å²) in [5.41, 5.74) is 2.65. The van der Waals surface area contributed by atoms with E-state index in [-0.39, 0.29) is 0 Å². The van der Waals surface area contributed by atoms with Crippen molar-refractivity contribution < 1.29 is 9.47 Å². The van der Waals surface area contributed by atoms with Gasteiger partial charge in [0.15, 0.2) is 11.5 Å². The second kappa shape index (κ2) is 4.69. The van der Waals surface area contributed by atoms with Gasteiger partial charge in [-0.1, -0.05) is 0 Å². The second-order valence-electron chi connectivity index (χ2n) is 4.99. The molecule has 18 heavy (non-hydrogen) atoms. The average Bonchev–Trinajstić information content (AvgIpc) is 2.41. The van der Waals surface area contributed by atoms with E-state index in [9.17, 15) is 0 Å². The van der Waals surface area contributed by atoms with Crippen molar-refractivity contribution in [1.29, 1.82) is 0 Å². The molecule has 0 saturated heterocycles. The number of nitrogens with zero attached hydrogens (tertiary/aromatic N) is 1. The molecule has 2 aliphatic heterocycles. The van der Waals surface area contributed by atoms with Crippen molar-refractivity contribution >= 4 is 5.69 Å². The summed E-state index contributed by atoms with van der Waals surface area (Å²) in [5.74, 6) is 1.79. The number of anilines is 1. The van der Waals surface area contributed by atoms with E-state index < -0.39 is 0 Å². The van der Waals surface area contributed by atoms with Crippen molar-refractivity contribution in [2.45, 2.75) is 18.9 Å². The van der Waals surface area contributed by atoms with Crippen LogP contribution in [-0.2, 0) is 6.42 Å². The minimum absolute atomic E-state index is 0.560. The van der Waals surface area contributed by atoms with Gasteiger partial charge in [0.1, 0.15) is 13.2 Å². The van der Waals surface area contributed by atoms with Crippen LogP contribution in [0.5, 0.6) is 11.5 Å². The van der Waals surface area contributed by atoms with Gasteiger partial charge in [0.05, 0.1) is 0 Å². The Bertz CT molecular complexity index is 448. The van der Waals surface area contributed by atoms with Crippen LogP contribution in [-0.4, -0.2) is 39.9 Å². The first-order valence-corrected chi connectivity index (χ1v) is 6.59. The third kappa shape index (κ3) is 1.90. The Morgan fingerprint density at radius 3 is 2.72 bits per heavy atom. The molecular formula is C14H20N2O2. The lowest BCUT2D eigenvalue weighted by Gasteiger charge is -2.37. The Hall–Kier alpha value is -1.42. The summed E-state index contributed by atoms with van der Waals surface area (Å²) in [6.07, 6.45) is 2.30. The predicted octanol–water partition coefficient (Wildman–Crippen LogP) is 1.43. The molecule has 0 bridgehead atoms. The molecule has 0 aliphatic carbocycles. The molecule has 0 amide bonds. The van der Waals surface area contributed by atoms with Gasteiger partial charge in [0, 0.05) is 31.4 Å². The molecule has 0 fully saturated rings. The fourth-order valence-corrected chi connectivity index (χ4v) is 2.84. The number of ether oxygens (including phenoxy) is 2. The third-order valence-electron chi connectivity index (χ3n) is 3.86. The van der Waals surface area contributed by atoms with Gasteiger partial charge in [-0.15, -0.1) is 0 Å². The van der Waals surface area contributed by atoms with Crippen molar-refractivity contribution in [3.63, 3.8) is 0 Å². The molecular weight excluding hydrogens is 228 g/mol. The largest absolute Gasteiger partial charge is 0.486 e. The molecule has 2 aliphatic rings. The topological polar surface area (TPSA) is 33.7 Å². The smallest absolute Gasteiger partial charge is 0.163 e. The predicted molar refractivity (Wildman–Crippen MR) is 71.9 cm³/mol. The average molecular weight is 248 g/mol. The van der Waals surface area contributed by atoms with Gasteiger partial charge in [-0.2, -0.15) is 0 Å². The highest BCUT2D eigenvalue weighted by Crippen LogP contribution is 2.40. The van der Waals surface area contributed by atoms with Crippen LogP contribution in [0.1, 0.15) is 12.0 Å². The van der Waals surface area contributed by atoms with Gasteiger partial charge in [-0.25, -0.2) is 0 Å². The number of hydrogen-bond donors (Lipinski definition) is 1. The van der Waals surface area contributed by atoms with E-state index in [1.807, 2.05) is 7.05 Å². The molecule has 0 radical (unpaired) electrons. The Labute approximate surface area is 108 Å². The molecule has 0 aromatic heterocycles. The van der Waals surface area contributed by atoms with E-state index in [1.165, 1.54) is 17.7 Å². The molecule has 98 valence electrons. The summed E-state index contributed by atoms with van der Waals surface area (Å²) < 4.78 is 11.3. The first-order chi connectivity index (χ1) is 8.79. The lowest BCUT2D eigenvalue weighted by Crippen LogP contribution is -2.42. The van der Waals surface area contributed by atoms with E-state index >= 15 is 0 Å². The van der Waals surface area contributed by atoms with Crippen LogP contribution in [0, 0.1) is 0 Å². The van der Waals surface area contributed by atoms with E-state index in [4.69, 9.17) is 9.47 Å². The van der Waals surface area contributed by atoms with Crippen LogP contribution >= 0.6 is 0 Å². The fraction of sp³-hybridized carbons (Fsp3) is 0.571. The zero-order valence-electron chi connectivity index (χ0n) is 11.0. The van der Waals surface area contributed by atoms with Crippen LogP contribution in [0.2, 0.25) is 0 Å². The van der Waals surface area contributed by atoms with Crippen LogP contribution in [0.4, 0.5) is 5.69 Å². The number of hydrogen-bond acceptors (Lipinski definition) is 4. The summed E-state index contributed by atoms with van der Waals surface area (Å²) >= 11 is 0.